The van der Waals surface area contributed by atoms with Crippen LogP contribution < -0.4 is 17.2 Å². The lowest BCUT2D eigenvalue weighted by molar-refractivity contribution is -0.295. The van der Waals surface area contributed by atoms with Crippen molar-refractivity contribution < 1.29 is 64.2 Å². The highest BCUT2D eigenvalue weighted by molar-refractivity contribution is 5.72. The number of rotatable bonds is 17. The Kier molecular flexibility index (Phi) is 18.3. The molecule has 0 aromatic rings. The van der Waals surface area contributed by atoms with Gasteiger partial charge >= 0.3 is 0 Å². The van der Waals surface area contributed by atoms with Crippen molar-refractivity contribution in [2.24, 2.45) is 22.2 Å². The molecular formula is C38H66N4O13. The maximum absolute atomic E-state index is 11.4. The number of nitrogens with two attached hydrogens (primary N) is 3. The van der Waals surface area contributed by atoms with Gasteiger partial charge in [0.1, 0.15) is 54.9 Å². The number of nitrogens with zero attached hydrogens (tertiary/aromatic N) is 1. The molecule has 316 valence electrons. The Labute approximate surface area is 323 Å². The first-order chi connectivity index (χ1) is 26.1. The fraction of sp³-hybridized carbons (Fsp3) is 0.816. The molecule has 17 heteroatoms. The summed E-state index contributed by atoms with van der Waals surface area (Å²) in [5, 5.41) is 73.9. The standard InChI is InChI=1S/C38H66N4O13/c1-19(2)7-5-8-20(3)9-6-10-21(4)13-14-42-16-25-31(47)32(48)29(41)37(51-25)54-35-27(18-44)52-38(33(35)49)55-36-30(46)22(39)15-23(40)34(36)53-28-12-11-24(45)26(17-43)50-28/h7,9,13-14,22-38,43-49H,5-6,8,10-12,15-18,39-41H2,1-4H3/b20-9+,21-13+,42-14+. The topological polar surface area (TPSA) is 287 Å². The summed E-state index contributed by atoms with van der Waals surface area (Å²) in [5.41, 5.74) is 22.6. The zero-order valence-electron chi connectivity index (χ0n) is 32.5. The molecule has 0 aromatic heterocycles. The first-order valence-corrected chi connectivity index (χ1v) is 19.4. The molecule has 17 unspecified atom stereocenters. The maximum atomic E-state index is 11.4. The van der Waals surface area contributed by atoms with Gasteiger partial charge in [-0.05, 0) is 72.3 Å². The van der Waals surface area contributed by atoms with E-state index in [9.17, 15) is 35.7 Å². The van der Waals surface area contributed by atoms with Crippen molar-refractivity contribution in [3.05, 3.63) is 34.9 Å². The van der Waals surface area contributed by atoms with Gasteiger partial charge in [0.15, 0.2) is 18.9 Å². The summed E-state index contributed by atoms with van der Waals surface area (Å²) >= 11 is 0. The predicted molar refractivity (Wildman–Crippen MR) is 201 cm³/mol. The van der Waals surface area contributed by atoms with Gasteiger partial charge < -0.3 is 81.4 Å². The molecule has 0 bridgehead atoms. The molecule has 17 atom stereocenters. The number of hydrogen-bond donors (Lipinski definition) is 10. The van der Waals surface area contributed by atoms with Crippen LogP contribution in [0.2, 0.25) is 0 Å². The van der Waals surface area contributed by atoms with Gasteiger partial charge in [0, 0.05) is 24.7 Å². The average molecular weight is 787 g/mol. The second-order valence-electron chi connectivity index (χ2n) is 15.5. The summed E-state index contributed by atoms with van der Waals surface area (Å²) in [6.07, 6.45) is -4.32. The summed E-state index contributed by atoms with van der Waals surface area (Å²) in [6, 6.07) is -2.79. The predicted octanol–water partition coefficient (Wildman–Crippen LogP) is -1.24. The summed E-state index contributed by atoms with van der Waals surface area (Å²) in [4.78, 5) is 4.38. The highest BCUT2D eigenvalue weighted by Gasteiger charge is 2.53. The van der Waals surface area contributed by atoms with Crippen LogP contribution in [0.1, 0.15) is 72.6 Å². The van der Waals surface area contributed by atoms with Crippen molar-refractivity contribution in [2.75, 3.05) is 19.8 Å². The summed E-state index contributed by atoms with van der Waals surface area (Å²) in [5.74, 6) is 0. The zero-order chi connectivity index (χ0) is 40.4. The summed E-state index contributed by atoms with van der Waals surface area (Å²) in [6.45, 7) is 7.27. The minimum absolute atomic E-state index is 0.0268. The first-order valence-electron chi connectivity index (χ1n) is 19.4. The number of aliphatic hydroxyl groups excluding tert-OH is 7. The Bertz CT molecular complexity index is 1300. The van der Waals surface area contributed by atoms with Crippen LogP contribution in [0.3, 0.4) is 0 Å². The largest absolute Gasteiger partial charge is 0.394 e. The van der Waals surface area contributed by atoms with E-state index >= 15 is 0 Å². The number of aliphatic imine (C=N–C) groups is 1. The Morgan fingerprint density at radius 2 is 1.33 bits per heavy atom. The van der Waals surface area contributed by atoms with E-state index in [1.54, 1.807) is 6.21 Å². The van der Waals surface area contributed by atoms with E-state index in [1.807, 2.05) is 13.0 Å². The van der Waals surface area contributed by atoms with E-state index in [0.29, 0.717) is 6.42 Å². The Morgan fingerprint density at radius 1 is 0.673 bits per heavy atom. The normalized spacial score (nSPS) is 41.9. The maximum Gasteiger partial charge on any atom is 0.187 e. The van der Waals surface area contributed by atoms with Gasteiger partial charge in [-0.2, -0.15) is 0 Å². The van der Waals surface area contributed by atoms with Gasteiger partial charge in [-0.1, -0.05) is 28.9 Å². The lowest BCUT2D eigenvalue weighted by Gasteiger charge is -2.45. The minimum Gasteiger partial charge on any atom is -0.394 e. The van der Waals surface area contributed by atoms with Crippen LogP contribution in [0.4, 0.5) is 0 Å². The molecule has 0 radical (unpaired) electrons. The van der Waals surface area contributed by atoms with E-state index in [1.165, 1.54) is 11.1 Å². The van der Waals surface area contributed by atoms with Gasteiger partial charge in [-0.15, -0.1) is 0 Å². The molecule has 0 aromatic carbocycles. The van der Waals surface area contributed by atoms with E-state index in [2.05, 4.69) is 37.9 Å². The average Bonchev–Trinajstić information content (AvgIpc) is 3.44. The third-order valence-electron chi connectivity index (χ3n) is 10.7. The molecule has 4 rings (SSSR count). The molecule has 3 saturated heterocycles. The van der Waals surface area contributed by atoms with Crippen molar-refractivity contribution in [2.45, 2.75) is 177 Å². The lowest BCUT2D eigenvalue weighted by atomic mass is 9.84. The van der Waals surface area contributed by atoms with Gasteiger partial charge in [-0.25, -0.2) is 0 Å². The number of hydrogen-bond acceptors (Lipinski definition) is 17. The molecule has 3 heterocycles. The highest BCUT2D eigenvalue weighted by atomic mass is 16.8. The van der Waals surface area contributed by atoms with Gasteiger partial charge in [0.25, 0.3) is 0 Å². The van der Waals surface area contributed by atoms with Crippen LogP contribution >= 0.6 is 0 Å². The van der Waals surface area contributed by atoms with Crippen molar-refractivity contribution in [3.8, 4) is 0 Å². The SMILES string of the molecule is CC(C)=CCC/C(C)=C/CC/C(C)=C/C=N/CC1OC(OC2C(CO)OC(OC3C(O)C(N)CC(N)C3OC3CCC(O)C(CO)O3)C2O)C(N)C(O)C1O. The van der Waals surface area contributed by atoms with Gasteiger partial charge in [0.05, 0.1) is 38.0 Å². The van der Waals surface area contributed by atoms with Gasteiger partial charge in [0.2, 0.25) is 0 Å². The molecule has 3 aliphatic heterocycles. The molecule has 4 fully saturated rings. The molecule has 17 nitrogen and oxygen atoms in total. The number of ether oxygens (including phenoxy) is 6. The second-order valence-corrected chi connectivity index (χ2v) is 15.5. The quantitative estimate of drug-likeness (QED) is 0.0610. The first kappa shape index (κ1) is 45.9. The molecule has 55 heavy (non-hydrogen) atoms. The van der Waals surface area contributed by atoms with Crippen molar-refractivity contribution >= 4 is 6.21 Å². The van der Waals surface area contributed by atoms with Crippen molar-refractivity contribution in [1.82, 2.24) is 0 Å². The molecule has 1 saturated carbocycles. The van der Waals surface area contributed by atoms with Gasteiger partial charge in [-0.3, -0.25) is 4.99 Å². The van der Waals surface area contributed by atoms with E-state index in [4.69, 9.17) is 45.6 Å². The number of aliphatic hydroxyl groups is 7. The van der Waals surface area contributed by atoms with Crippen LogP contribution in [0.5, 0.6) is 0 Å². The highest BCUT2D eigenvalue weighted by Crippen LogP contribution is 2.34. The van der Waals surface area contributed by atoms with Crippen molar-refractivity contribution in [1.29, 1.82) is 0 Å². The van der Waals surface area contributed by atoms with E-state index in [0.717, 1.165) is 31.3 Å². The Morgan fingerprint density at radius 3 is 2.02 bits per heavy atom. The lowest BCUT2D eigenvalue weighted by Crippen LogP contribution is -2.65. The molecule has 4 aliphatic rings. The Balaban J connectivity index is 1.36. The molecule has 13 N–H and O–H groups in total. The van der Waals surface area contributed by atoms with Crippen LogP contribution in [0.15, 0.2) is 39.9 Å². The van der Waals surface area contributed by atoms with Crippen molar-refractivity contribution in [3.63, 3.8) is 0 Å². The summed E-state index contributed by atoms with van der Waals surface area (Å²) < 4.78 is 35.7. The minimum atomic E-state index is -1.57. The van der Waals surface area contributed by atoms with Crippen LogP contribution in [0.25, 0.3) is 0 Å². The zero-order valence-corrected chi connectivity index (χ0v) is 32.5. The van der Waals surface area contributed by atoms with E-state index < -0.39 is 117 Å². The van der Waals surface area contributed by atoms with E-state index in [-0.39, 0.29) is 19.4 Å². The molecular weight excluding hydrogens is 720 g/mol. The third-order valence-corrected chi connectivity index (χ3v) is 10.7. The molecule has 0 amide bonds. The number of allylic oxidation sites excluding steroid dienone is 6. The fourth-order valence-electron chi connectivity index (χ4n) is 7.23. The smallest absolute Gasteiger partial charge is 0.187 e. The molecule has 0 spiro atoms. The second kappa shape index (κ2) is 21.9. The monoisotopic (exact) mass is 786 g/mol. The Hall–Kier alpha value is -1.75. The van der Waals surface area contributed by atoms with Crippen LogP contribution in [-0.4, -0.2) is 166 Å². The summed E-state index contributed by atoms with van der Waals surface area (Å²) in [7, 11) is 0. The van der Waals surface area contributed by atoms with Crippen LogP contribution in [-0.2, 0) is 28.4 Å². The molecule has 1 aliphatic carbocycles. The third kappa shape index (κ3) is 12.6. The fourth-order valence-corrected chi connectivity index (χ4v) is 7.23. The van der Waals surface area contributed by atoms with Crippen LogP contribution in [0, 0.1) is 0 Å².